The average molecular weight is 418 g/mol. The van der Waals surface area contributed by atoms with Crippen molar-refractivity contribution in [2.45, 2.75) is 23.3 Å². The normalized spacial score (nSPS) is 11.8. The molecule has 0 spiro atoms. The number of hydrogen-bond acceptors (Lipinski definition) is 6. The third kappa shape index (κ3) is 5.02. The van der Waals surface area contributed by atoms with Crippen LogP contribution in [0.2, 0.25) is 0 Å². The number of rotatable bonds is 8. The molecule has 1 N–H and O–H groups in total. The van der Waals surface area contributed by atoms with E-state index in [4.69, 9.17) is 4.42 Å². The maximum atomic E-state index is 13.2. The first-order valence-electron chi connectivity index (χ1n) is 9.24. The van der Waals surface area contributed by atoms with E-state index in [-0.39, 0.29) is 21.7 Å². The lowest BCUT2D eigenvalue weighted by molar-refractivity contribution is 0.404. The molecule has 0 fully saturated rings. The summed E-state index contributed by atoms with van der Waals surface area (Å²) in [7, 11) is 0.0462. The number of benzene rings is 2. The zero-order valence-corrected chi connectivity index (χ0v) is 17.5. The van der Waals surface area contributed by atoms with Gasteiger partial charge in [-0.1, -0.05) is 17.7 Å². The van der Waals surface area contributed by atoms with Crippen LogP contribution in [0.3, 0.4) is 0 Å². The lowest BCUT2D eigenvalue weighted by atomic mass is 10.2. The molecule has 154 valence electrons. The molecule has 0 atom stereocenters. The Hall–Kier alpha value is -2.71. The minimum Gasteiger partial charge on any atom is -0.419 e. The summed E-state index contributed by atoms with van der Waals surface area (Å²) < 4.78 is 45.3. The molecule has 0 saturated heterocycles. The van der Waals surface area contributed by atoms with E-state index < -0.39 is 15.7 Å². The molecule has 0 unspecified atom stereocenters. The van der Waals surface area contributed by atoms with Crippen LogP contribution in [0.1, 0.15) is 12.0 Å². The smallest absolute Gasteiger partial charge is 0.233 e. The predicted molar refractivity (Wildman–Crippen MR) is 110 cm³/mol. The molecule has 29 heavy (non-hydrogen) atoms. The maximum absolute atomic E-state index is 13.2. The van der Waals surface area contributed by atoms with Gasteiger partial charge in [-0.2, -0.15) is 4.98 Å². The van der Waals surface area contributed by atoms with E-state index in [1.54, 1.807) is 24.3 Å². The summed E-state index contributed by atoms with van der Waals surface area (Å²) >= 11 is 0. The van der Waals surface area contributed by atoms with Crippen molar-refractivity contribution >= 4 is 15.7 Å². The molecule has 2 aromatic carbocycles. The molecule has 0 bridgehead atoms. The second-order valence-corrected chi connectivity index (χ2v) is 8.93. The largest absolute Gasteiger partial charge is 0.419 e. The van der Waals surface area contributed by atoms with Crippen LogP contribution in [-0.4, -0.2) is 45.5 Å². The number of hydrogen-bond donors (Lipinski definition) is 1. The Morgan fingerprint density at radius 2 is 1.72 bits per heavy atom. The third-order valence-corrected chi connectivity index (χ3v) is 6.02. The molecule has 3 aromatic rings. The summed E-state index contributed by atoms with van der Waals surface area (Å²) in [5.74, 6) is -0.190. The SMILES string of the molecule is Cc1ccc(S(=O)(=O)c2nc(-c3ccc(F)cc3)oc2NCCCN(C)C)cc1. The number of oxazole rings is 1. The van der Waals surface area contributed by atoms with E-state index in [0.29, 0.717) is 12.1 Å². The number of aromatic nitrogens is 1. The topological polar surface area (TPSA) is 75.4 Å². The van der Waals surface area contributed by atoms with Crippen LogP contribution in [0.4, 0.5) is 10.3 Å². The Labute approximate surface area is 170 Å². The average Bonchev–Trinajstić information content (AvgIpc) is 3.11. The molecule has 3 rings (SSSR count). The number of nitrogens with zero attached hydrogens (tertiary/aromatic N) is 2. The Bertz CT molecular complexity index is 1060. The zero-order valence-electron chi connectivity index (χ0n) is 16.6. The number of halogens is 1. The lowest BCUT2D eigenvalue weighted by Gasteiger charge is -2.10. The fraction of sp³-hybridized carbons (Fsp3) is 0.286. The first kappa shape index (κ1) is 21.0. The summed E-state index contributed by atoms with van der Waals surface area (Å²) in [5, 5.41) is 2.87. The van der Waals surface area contributed by atoms with Crippen LogP contribution in [0.15, 0.2) is 62.9 Å². The summed E-state index contributed by atoms with van der Waals surface area (Å²) in [6.45, 7) is 3.25. The van der Waals surface area contributed by atoms with E-state index in [0.717, 1.165) is 18.5 Å². The van der Waals surface area contributed by atoms with Gasteiger partial charge in [-0.25, -0.2) is 12.8 Å². The zero-order chi connectivity index (χ0) is 21.0. The van der Waals surface area contributed by atoms with E-state index in [1.807, 2.05) is 25.9 Å². The van der Waals surface area contributed by atoms with Gasteiger partial charge in [-0.3, -0.25) is 0 Å². The quantitative estimate of drug-likeness (QED) is 0.559. The van der Waals surface area contributed by atoms with Crippen LogP contribution >= 0.6 is 0 Å². The van der Waals surface area contributed by atoms with Crippen molar-refractivity contribution in [3.05, 3.63) is 59.9 Å². The second-order valence-electron chi connectivity index (χ2n) is 7.06. The highest BCUT2D eigenvalue weighted by Crippen LogP contribution is 2.32. The van der Waals surface area contributed by atoms with Gasteiger partial charge in [0.1, 0.15) is 5.82 Å². The maximum Gasteiger partial charge on any atom is 0.233 e. The van der Waals surface area contributed by atoms with Crippen LogP contribution in [0.5, 0.6) is 0 Å². The van der Waals surface area contributed by atoms with E-state index >= 15 is 0 Å². The summed E-state index contributed by atoms with van der Waals surface area (Å²) in [5.41, 5.74) is 1.45. The fourth-order valence-corrected chi connectivity index (χ4v) is 4.02. The second kappa shape index (κ2) is 8.75. The fourth-order valence-electron chi connectivity index (χ4n) is 2.74. The van der Waals surface area contributed by atoms with Crippen molar-refractivity contribution in [2.24, 2.45) is 0 Å². The number of sulfone groups is 1. The third-order valence-electron chi connectivity index (χ3n) is 4.34. The highest BCUT2D eigenvalue weighted by molar-refractivity contribution is 7.91. The molecule has 0 aliphatic carbocycles. The summed E-state index contributed by atoms with van der Waals surface area (Å²) in [4.78, 5) is 6.42. The summed E-state index contributed by atoms with van der Waals surface area (Å²) in [6.07, 6.45) is 0.795. The molecule has 0 saturated carbocycles. The molecular weight excluding hydrogens is 393 g/mol. The first-order chi connectivity index (χ1) is 13.8. The first-order valence-corrected chi connectivity index (χ1v) is 10.7. The molecular formula is C21H24FN3O3S. The molecule has 0 radical (unpaired) electrons. The van der Waals surface area contributed by atoms with Gasteiger partial charge in [-0.15, -0.1) is 0 Å². The van der Waals surface area contributed by atoms with Gasteiger partial charge in [0.2, 0.25) is 26.6 Å². The number of nitrogens with one attached hydrogen (secondary N) is 1. The standard InChI is InChI=1S/C21H24FN3O3S/c1-15-5-11-18(12-6-15)29(26,27)21-20(23-13-4-14-25(2)3)28-19(24-21)16-7-9-17(22)10-8-16/h5-12,23H,4,13-14H2,1-3H3. The van der Waals surface area contributed by atoms with Gasteiger partial charge in [-0.05, 0) is 70.4 Å². The van der Waals surface area contributed by atoms with Crippen LogP contribution < -0.4 is 5.32 Å². The van der Waals surface area contributed by atoms with Crippen LogP contribution in [0, 0.1) is 12.7 Å². The van der Waals surface area contributed by atoms with Crippen molar-refractivity contribution in [3.8, 4) is 11.5 Å². The van der Waals surface area contributed by atoms with Gasteiger partial charge < -0.3 is 14.6 Å². The molecule has 8 heteroatoms. The Balaban J connectivity index is 1.98. The molecule has 0 aliphatic rings. The van der Waals surface area contributed by atoms with Crippen molar-refractivity contribution in [1.82, 2.24) is 9.88 Å². The number of aryl methyl sites for hydroxylation is 1. The van der Waals surface area contributed by atoms with Gasteiger partial charge in [0.25, 0.3) is 0 Å². The molecule has 0 aliphatic heterocycles. The van der Waals surface area contributed by atoms with Crippen molar-refractivity contribution in [3.63, 3.8) is 0 Å². The van der Waals surface area contributed by atoms with Gasteiger partial charge >= 0.3 is 0 Å². The van der Waals surface area contributed by atoms with Gasteiger partial charge in [0, 0.05) is 12.1 Å². The van der Waals surface area contributed by atoms with Gasteiger partial charge in [0.15, 0.2) is 0 Å². The monoisotopic (exact) mass is 417 g/mol. The lowest BCUT2D eigenvalue weighted by Crippen LogP contribution is -2.17. The molecule has 1 heterocycles. The highest BCUT2D eigenvalue weighted by Gasteiger charge is 2.28. The number of anilines is 1. The molecule has 6 nitrogen and oxygen atoms in total. The molecule has 0 amide bonds. The Kier molecular flexibility index (Phi) is 6.34. The Morgan fingerprint density at radius 1 is 1.07 bits per heavy atom. The van der Waals surface area contributed by atoms with Crippen molar-refractivity contribution < 1.29 is 17.2 Å². The van der Waals surface area contributed by atoms with Crippen LogP contribution in [0.25, 0.3) is 11.5 Å². The van der Waals surface area contributed by atoms with Gasteiger partial charge in [0.05, 0.1) is 4.90 Å². The Morgan fingerprint density at radius 3 is 2.34 bits per heavy atom. The van der Waals surface area contributed by atoms with E-state index in [1.165, 1.54) is 24.3 Å². The summed E-state index contributed by atoms with van der Waals surface area (Å²) in [6, 6.07) is 12.1. The molecule has 1 aromatic heterocycles. The van der Waals surface area contributed by atoms with E-state index in [2.05, 4.69) is 10.3 Å². The predicted octanol–water partition coefficient (Wildman–Crippen LogP) is 3.99. The van der Waals surface area contributed by atoms with Crippen molar-refractivity contribution in [2.75, 3.05) is 32.5 Å². The van der Waals surface area contributed by atoms with Crippen LogP contribution in [-0.2, 0) is 9.84 Å². The van der Waals surface area contributed by atoms with E-state index in [9.17, 15) is 12.8 Å². The highest BCUT2D eigenvalue weighted by atomic mass is 32.2. The minimum atomic E-state index is -3.89. The van der Waals surface area contributed by atoms with Crippen molar-refractivity contribution in [1.29, 1.82) is 0 Å². The minimum absolute atomic E-state index is 0.0867.